The summed E-state index contributed by atoms with van der Waals surface area (Å²) < 4.78 is 53.7. The van der Waals surface area contributed by atoms with E-state index in [1.54, 1.807) is 52.8 Å². The quantitative estimate of drug-likeness (QED) is 0.491. The van der Waals surface area contributed by atoms with Crippen molar-refractivity contribution in [3.63, 3.8) is 0 Å². The Morgan fingerprint density at radius 3 is 2.24 bits per heavy atom. The van der Waals surface area contributed by atoms with Crippen molar-refractivity contribution in [3.05, 3.63) is 59.7 Å². The Morgan fingerprint density at radius 1 is 1.06 bits per heavy atom. The number of amides is 1. The van der Waals surface area contributed by atoms with Crippen LogP contribution in [0.25, 0.3) is 0 Å². The molecule has 0 bridgehead atoms. The monoisotopic (exact) mass is 509 g/mol. The first-order chi connectivity index (χ1) is 15.6. The van der Waals surface area contributed by atoms with Crippen molar-refractivity contribution >= 4 is 32.3 Å². The lowest BCUT2D eigenvalue weighted by Crippen LogP contribution is -2.47. The number of nitrogens with one attached hydrogen (secondary N) is 1. The molecule has 8 nitrogen and oxygen atoms in total. The number of hydrogen-bond donors (Lipinski definition) is 3. The van der Waals surface area contributed by atoms with Crippen LogP contribution >= 0.6 is 10.6 Å². The molecule has 1 amide bonds. The fourth-order valence-electron chi connectivity index (χ4n) is 3.84. The Labute approximate surface area is 202 Å². The third-order valence-corrected chi connectivity index (χ3v) is 9.58. The van der Waals surface area contributed by atoms with E-state index in [0.29, 0.717) is 0 Å². The van der Waals surface area contributed by atoms with E-state index in [1.165, 1.54) is 30.3 Å². The number of benzene rings is 2. The van der Waals surface area contributed by atoms with Gasteiger partial charge in [-0.05, 0) is 51.0 Å². The molecule has 34 heavy (non-hydrogen) atoms. The number of rotatable bonds is 6. The molecule has 0 aromatic heterocycles. The number of esters is 1. The minimum absolute atomic E-state index is 0.0197. The SMILES string of the molecule is CC(C)[C@H](NC(=O)c1cccc2c1C(S(=O)(=O)c1ccccc1)CS2(O)O)C(=O)OC(C)(C)C. The zero-order chi connectivity index (χ0) is 25.5. The lowest BCUT2D eigenvalue weighted by atomic mass is 10.0. The molecule has 0 radical (unpaired) electrons. The highest BCUT2D eigenvalue weighted by atomic mass is 32.3. The molecule has 0 spiro atoms. The maximum Gasteiger partial charge on any atom is 0.329 e. The van der Waals surface area contributed by atoms with Crippen LogP contribution in [0.3, 0.4) is 0 Å². The van der Waals surface area contributed by atoms with Crippen molar-refractivity contribution in [1.82, 2.24) is 5.32 Å². The summed E-state index contributed by atoms with van der Waals surface area (Å²) in [7, 11) is -7.47. The summed E-state index contributed by atoms with van der Waals surface area (Å²) in [5.41, 5.74) is -0.724. The van der Waals surface area contributed by atoms with Crippen molar-refractivity contribution < 1.29 is 31.8 Å². The maximum atomic E-state index is 13.4. The molecular formula is C24H31NO7S2. The number of ether oxygens (including phenoxy) is 1. The second-order valence-corrected chi connectivity index (χ2v) is 13.9. The van der Waals surface area contributed by atoms with E-state index < -0.39 is 54.9 Å². The Hall–Kier alpha value is -2.40. The summed E-state index contributed by atoms with van der Waals surface area (Å²) in [5, 5.41) is 1.34. The Bertz CT molecular complexity index is 1190. The lowest BCUT2D eigenvalue weighted by molar-refractivity contribution is -0.158. The van der Waals surface area contributed by atoms with Gasteiger partial charge in [-0.15, -0.1) is 0 Å². The Balaban J connectivity index is 2.04. The smallest absolute Gasteiger partial charge is 0.329 e. The summed E-state index contributed by atoms with van der Waals surface area (Å²) >= 11 is 0. The summed E-state index contributed by atoms with van der Waals surface area (Å²) in [4.78, 5) is 26.1. The zero-order valence-electron chi connectivity index (χ0n) is 19.8. The van der Waals surface area contributed by atoms with Gasteiger partial charge in [0.1, 0.15) is 16.9 Å². The summed E-state index contributed by atoms with van der Waals surface area (Å²) in [6.45, 7) is 8.67. The van der Waals surface area contributed by atoms with E-state index in [-0.39, 0.29) is 26.8 Å². The van der Waals surface area contributed by atoms with Gasteiger partial charge in [0.25, 0.3) is 5.91 Å². The molecule has 2 aromatic carbocycles. The van der Waals surface area contributed by atoms with E-state index in [2.05, 4.69) is 5.32 Å². The number of carbonyl (C=O) groups is 2. The van der Waals surface area contributed by atoms with Crippen LogP contribution in [0.5, 0.6) is 0 Å². The van der Waals surface area contributed by atoms with Gasteiger partial charge in [0.2, 0.25) is 0 Å². The van der Waals surface area contributed by atoms with Crippen LogP contribution in [0.1, 0.15) is 55.8 Å². The molecule has 1 aliphatic heterocycles. The van der Waals surface area contributed by atoms with Crippen LogP contribution in [0.2, 0.25) is 0 Å². The Morgan fingerprint density at radius 2 is 1.68 bits per heavy atom. The second-order valence-electron chi connectivity index (χ2n) is 9.63. The third kappa shape index (κ3) is 5.30. The average molecular weight is 510 g/mol. The Kier molecular flexibility index (Phi) is 7.19. The molecule has 1 heterocycles. The third-order valence-electron chi connectivity index (χ3n) is 5.43. The fraction of sp³-hybridized carbons (Fsp3) is 0.417. The van der Waals surface area contributed by atoms with Crippen LogP contribution < -0.4 is 5.32 Å². The predicted octanol–water partition coefficient (Wildman–Crippen LogP) is 4.42. The van der Waals surface area contributed by atoms with Crippen LogP contribution in [0, 0.1) is 5.92 Å². The van der Waals surface area contributed by atoms with Crippen molar-refractivity contribution in [1.29, 1.82) is 0 Å². The molecule has 3 rings (SSSR count). The van der Waals surface area contributed by atoms with E-state index in [9.17, 15) is 27.1 Å². The molecule has 1 unspecified atom stereocenters. The van der Waals surface area contributed by atoms with Crippen molar-refractivity contribution in [2.75, 3.05) is 5.75 Å². The first-order valence-electron chi connectivity index (χ1n) is 10.9. The summed E-state index contributed by atoms with van der Waals surface area (Å²) in [5.74, 6) is -2.04. The highest BCUT2D eigenvalue weighted by molar-refractivity contribution is 8.25. The van der Waals surface area contributed by atoms with Gasteiger partial charge in [-0.3, -0.25) is 13.9 Å². The molecule has 0 fully saturated rings. The van der Waals surface area contributed by atoms with Crippen molar-refractivity contribution in [3.8, 4) is 0 Å². The number of fused-ring (bicyclic) bond motifs is 1. The predicted molar refractivity (Wildman–Crippen MR) is 131 cm³/mol. The fourth-order valence-corrected chi connectivity index (χ4v) is 8.30. The minimum atomic E-state index is -4.04. The van der Waals surface area contributed by atoms with Crippen LogP contribution in [-0.2, 0) is 19.4 Å². The van der Waals surface area contributed by atoms with Crippen molar-refractivity contribution in [2.24, 2.45) is 5.92 Å². The number of hydrogen-bond acceptors (Lipinski definition) is 7. The van der Waals surface area contributed by atoms with E-state index in [4.69, 9.17) is 4.74 Å². The van der Waals surface area contributed by atoms with Gasteiger partial charge in [-0.1, -0.05) is 38.1 Å². The van der Waals surface area contributed by atoms with E-state index >= 15 is 0 Å². The summed E-state index contributed by atoms with van der Waals surface area (Å²) in [6.07, 6.45) is 0. The minimum Gasteiger partial charge on any atom is -0.458 e. The van der Waals surface area contributed by atoms with Gasteiger partial charge in [-0.25, -0.2) is 13.2 Å². The van der Waals surface area contributed by atoms with Gasteiger partial charge in [0.05, 0.1) is 15.5 Å². The molecule has 0 saturated carbocycles. The number of sulfone groups is 1. The molecular weight excluding hydrogens is 478 g/mol. The average Bonchev–Trinajstić information content (AvgIpc) is 3.02. The normalized spacial score (nSPS) is 19.2. The van der Waals surface area contributed by atoms with Crippen LogP contribution in [0.15, 0.2) is 58.3 Å². The zero-order valence-corrected chi connectivity index (χ0v) is 21.4. The maximum absolute atomic E-state index is 13.4. The molecule has 2 atom stereocenters. The molecule has 0 saturated heterocycles. The standard InChI is InChI=1S/C24H31NO7S2/c1-15(2)21(23(27)32-24(3,4)5)25-22(26)17-12-9-13-18-20(17)19(14-33(18,28)29)34(30,31)16-10-7-6-8-11-16/h6-13,15,19,21,28-29H,14H2,1-5H3,(H,25,26)/t19?,21-/m0/s1. The van der Waals surface area contributed by atoms with Crippen LogP contribution in [-0.4, -0.2) is 46.8 Å². The second kappa shape index (κ2) is 9.33. The summed E-state index contributed by atoms with van der Waals surface area (Å²) in [6, 6.07) is 11.0. The van der Waals surface area contributed by atoms with E-state index in [1.807, 2.05) is 0 Å². The highest BCUT2D eigenvalue weighted by Crippen LogP contribution is 2.62. The topological polar surface area (TPSA) is 130 Å². The highest BCUT2D eigenvalue weighted by Gasteiger charge is 2.45. The lowest BCUT2D eigenvalue weighted by Gasteiger charge is -2.28. The molecule has 186 valence electrons. The van der Waals surface area contributed by atoms with Gasteiger partial charge in [-0.2, -0.15) is 10.6 Å². The molecule has 2 aromatic rings. The number of carbonyl (C=O) groups excluding carboxylic acids is 2. The first kappa shape index (κ1) is 26.2. The molecule has 1 aliphatic rings. The first-order valence-corrected chi connectivity index (χ1v) is 14.1. The van der Waals surface area contributed by atoms with Gasteiger partial charge >= 0.3 is 5.97 Å². The van der Waals surface area contributed by atoms with Crippen molar-refractivity contribution in [2.45, 2.75) is 61.3 Å². The molecule has 3 N–H and O–H groups in total. The van der Waals surface area contributed by atoms with Gasteiger partial charge in [0, 0.05) is 11.1 Å². The van der Waals surface area contributed by atoms with Gasteiger partial charge < -0.3 is 10.1 Å². The van der Waals surface area contributed by atoms with Crippen LogP contribution in [0.4, 0.5) is 0 Å². The molecule has 10 heteroatoms. The van der Waals surface area contributed by atoms with Gasteiger partial charge in [0.15, 0.2) is 9.84 Å². The largest absolute Gasteiger partial charge is 0.458 e. The van der Waals surface area contributed by atoms with E-state index in [0.717, 1.165) is 0 Å². The molecule has 0 aliphatic carbocycles.